The van der Waals surface area contributed by atoms with E-state index in [1.54, 1.807) is 5.01 Å². The number of nitrogens with one attached hydrogen (secondary N) is 1. The van der Waals surface area contributed by atoms with Crippen LogP contribution in [0.4, 0.5) is 5.82 Å². The number of allylic oxidation sites excluding steroid dienone is 1. The summed E-state index contributed by atoms with van der Waals surface area (Å²) in [5.41, 5.74) is 5.04. The van der Waals surface area contributed by atoms with Crippen LogP contribution in [0.5, 0.6) is 0 Å². The van der Waals surface area contributed by atoms with Gasteiger partial charge in [0.25, 0.3) is 5.82 Å². The lowest BCUT2D eigenvalue weighted by Crippen LogP contribution is -3.09. The van der Waals surface area contributed by atoms with Crippen LogP contribution in [-0.2, 0) is 4.79 Å². The summed E-state index contributed by atoms with van der Waals surface area (Å²) in [7, 11) is 0. The van der Waals surface area contributed by atoms with Gasteiger partial charge in [-0.2, -0.15) is 0 Å². The first-order chi connectivity index (χ1) is 15.4. The summed E-state index contributed by atoms with van der Waals surface area (Å²) in [6.45, 7) is 13.3. The van der Waals surface area contributed by atoms with Crippen molar-refractivity contribution in [2.24, 2.45) is 0 Å². The van der Waals surface area contributed by atoms with Crippen molar-refractivity contribution in [2.45, 2.75) is 40.5 Å². The molecule has 1 unspecified atom stereocenters. The van der Waals surface area contributed by atoms with Crippen LogP contribution in [0.3, 0.4) is 0 Å². The number of nitrogens with zero attached hydrogens (tertiary/aromatic N) is 5. The molecule has 0 bridgehead atoms. The number of carbonyl (C=O) groups excluding carboxylic acids is 1. The van der Waals surface area contributed by atoms with Gasteiger partial charge in [-0.25, -0.2) is 14.9 Å². The van der Waals surface area contributed by atoms with E-state index in [1.165, 1.54) is 5.56 Å². The molecule has 0 radical (unpaired) electrons. The van der Waals surface area contributed by atoms with E-state index >= 15 is 0 Å². The number of aromatic nitrogens is 2. The van der Waals surface area contributed by atoms with E-state index in [2.05, 4.69) is 23.8 Å². The van der Waals surface area contributed by atoms with Crippen LogP contribution in [0.15, 0.2) is 30.5 Å². The minimum absolute atomic E-state index is 0.0939. The molecule has 1 aromatic heterocycles. The lowest BCUT2D eigenvalue weighted by molar-refractivity contribution is -0.905. The number of quaternary nitrogens is 1. The highest BCUT2D eigenvalue weighted by Gasteiger charge is 2.30. The van der Waals surface area contributed by atoms with E-state index in [4.69, 9.17) is 0 Å². The maximum Gasteiger partial charge on any atom is 0.277 e. The fourth-order valence-electron chi connectivity index (χ4n) is 4.59. The first-order valence-electron chi connectivity index (χ1n) is 11.6. The van der Waals surface area contributed by atoms with Crippen molar-refractivity contribution in [3.8, 4) is 5.69 Å². The van der Waals surface area contributed by atoms with Crippen molar-refractivity contribution in [2.75, 3.05) is 39.3 Å². The SMILES string of the molecule is CCN1CCN(C(=O)CCCN2C=C(C)c3c(nn(-c4ccc(C)cc4)c3C)[NH+]2[O-])CC1. The minimum Gasteiger partial charge on any atom is -0.601 e. The van der Waals surface area contributed by atoms with Crippen LogP contribution >= 0.6 is 0 Å². The Morgan fingerprint density at radius 1 is 1.09 bits per heavy atom. The van der Waals surface area contributed by atoms with Gasteiger partial charge in [-0.05, 0) is 51.4 Å². The average molecular weight is 439 g/mol. The minimum atomic E-state index is -0.0939. The van der Waals surface area contributed by atoms with Crippen LogP contribution in [0.25, 0.3) is 11.3 Å². The third-order valence-electron chi connectivity index (χ3n) is 6.56. The highest BCUT2D eigenvalue weighted by atomic mass is 16.6. The fourth-order valence-corrected chi connectivity index (χ4v) is 4.59. The maximum absolute atomic E-state index is 13.2. The molecule has 0 aliphatic carbocycles. The predicted molar refractivity (Wildman–Crippen MR) is 125 cm³/mol. The number of benzene rings is 1. The molecule has 32 heavy (non-hydrogen) atoms. The number of piperazine rings is 1. The van der Waals surface area contributed by atoms with Gasteiger partial charge in [-0.15, -0.1) is 5.10 Å². The Hall–Kier alpha value is -2.68. The molecule has 1 saturated heterocycles. The summed E-state index contributed by atoms with van der Waals surface area (Å²) in [6.07, 6.45) is 3.02. The van der Waals surface area contributed by atoms with Gasteiger partial charge in [-0.1, -0.05) is 24.6 Å². The number of rotatable bonds is 6. The molecule has 1 atom stereocenters. The zero-order chi connectivity index (χ0) is 22.8. The Bertz CT molecular complexity index is 989. The second-order valence-electron chi connectivity index (χ2n) is 8.79. The van der Waals surface area contributed by atoms with Crippen molar-refractivity contribution in [1.29, 1.82) is 0 Å². The number of aryl methyl sites for hydroxylation is 1. The molecule has 1 amide bonds. The third kappa shape index (κ3) is 4.44. The van der Waals surface area contributed by atoms with Gasteiger partial charge in [0.2, 0.25) is 5.91 Å². The van der Waals surface area contributed by atoms with Crippen LogP contribution in [-0.4, -0.2) is 69.8 Å². The van der Waals surface area contributed by atoms with Gasteiger partial charge in [-0.3, -0.25) is 4.79 Å². The van der Waals surface area contributed by atoms with Crippen LogP contribution in [0.2, 0.25) is 0 Å². The molecule has 8 heteroatoms. The number of amides is 1. The fraction of sp³-hybridized carbons (Fsp3) is 0.500. The molecule has 2 aliphatic heterocycles. The quantitative estimate of drug-likeness (QED) is 0.699. The summed E-state index contributed by atoms with van der Waals surface area (Å²) < 4.78 is 1.85. The van der Waals surface area contributed by atoms with E-state index in [1.807, 2.05) is 53.9 Å². The molecule has 8 nitrogen and oxygen atoms in total. The zero-order valence-electron chi connectivity index (χ0n) is 19.6. The molecule has 0 spiro atoms. The molecule has 4 rings (SSSR count). The van der Waals surface area contributed by atoms with Crippen molar-refractivity contribution < 1.29 is 9.97 Å². The van der Waals surface area contributed by atoms with Crippen molar-refractivity contribution in [1.82, 2.24) is 24.6 Å². The van der Waals surface area contributed by atoms with Crippen molar-refractivity contribution in [3.63, 3.8) is 0 Å². The molecule has 3 heterocycles. The number of carbonyl (C=O) groups is 1. The molecule has 0 saturated carbocycles. The zero-order valence-corrected chi connectivity index (χ0v) is 19.6. The van der Waals surface area contributed by atoms with E-state index in [-0.39, 0.29) is 11.1 Å². The van der Waals surface area contributed by atoms with Gasteiger partial charge in [0.1, 0.15) is 0 Å². The summed E-state index contributed by atoms with van der Waals surface area (Å²) in [5.74, 6) is 0.677. The second kappa shape index (κ2) is 9.44. The highest BCUT2D eigenvalue weighted by molar-refractivity contribution is 5.76. The highest BCUT2D eigenvalue weighted by Crippen LogP contribution is 2.29. The van der Waals surface area contributed by atoms with Gasteiger partial charge < -0.3 is 15.0 Å². The average Bonchev–Trinajstić information content (AvgIpc) is 3.15. The lowest BCUT2D eigenvalue weighted by atomic mass is 10.1. The Morgan fingerprint density at radius 2 is 1.78 bits per heavy atom. The summed E-state index contributed by atoms with van der Waals surface area (Å²) in [5, 5.41) is 19.5. The summed E-state index contributed by atoms with van der Waals surface area (Å²) >= 11 is 0. The van der Waals surface area contributed by atoms with Crippen LogP contribution < -0.4 is 5.17 Å². The first kappa shape index (κ1) is 22.5. The van der Waals surface area contributed by atoms with E-state index in [0.29, 0.717) is 25.2 Å². The van der Waals surface area contributed by atoms with Crippen molar-refractivity contribution in [3.05, 3.63) is 52.5 Å². The molecule has 172 valence electrons. The number of hydrogen-bond donors (Lipinski definition) is 1. The summed E-state index contributed by atoms with van der Waals surface area (Å²) in [6, 6.07) is 8.14. The molecule has 1 N–H and O–H groups in total. The smallest absolute Gasteiger partial charge is 0.277 e. The second-order valence-corrected chi connectivity index (χ2v) is 8.79. The van der Waals surface area contributed by atoms with Gasteiger partial charge in [0, 0.05) is 32.6 Å². The Morgan fingerprint density at radius 3 is 2.44 bits per heavy atom. The summed E-state index contributed by atoms with van der Waals surface area (Å²) in [4.78, 5) is 16.9. The largest absolute Gasteiger partial charge is 0.601 e. The number of likely N-dealkylation sites (N-methyl/N-ethyl adjacent to an activating group) is 1. The Balaban J connectivity index is 1.40. The van der Waals surface area contributed by atoms with E-state index in [0.717, 1.165) is 55.2 Å². The first-order valence-corrected chi connectivity index (χ1v) is 11.6. The lowest BCUT2D eigenvalue weighted by Gasteiger charge is -2.35. The molecule has 2 aromatic rings. The van der Waals surface area contributed by atoms with Gasteiger partial charge >= 0.3 is 0 Å². The topological polar surface area (TPSA) is 72.1 Å². The number of fused-ring (bicyclic) bond motifs is 1. The van der Waals surface area contributed by atoms with Crippen LogP contribution in [0, 0.1) is 19.1 Å². The third-order valence-corrected chi connectivity index (χ3v) is 6.56. The maximum atomic E-state index is 13.2. The monoisotopic (exact) mass is 438 g/mol. The Kier molecular flexibility index (Phi) is 6.64. The van der Waals surface area contributed by atoms with Crippen molar-refractivity contribution >= 4 is 17.3 Å². The van der Waals surface area contributed by atoms with Crippen LogP contribution in [0.1, 0.15) is 43.5 Å². The molecule has 2 aliphatic rings. The van der Waals surface area contributed by atoms with E-state index in [9.17, 15) is 10.0 Å². The van der Waals surface area contributed by atoms with E-state index < -0.39 is 0 Å². The normalized spacial score (nSPS) is 19.2. The molecular formula is C24H34N6O2. The van der Waals surface area contributed by atoms with Gasteiger partial charge in [0.05, 0.1) is 29.7 Å². The predicted octanol–water partition coefficient (Wildman–Crippen LogP) is 2.04. The standard InChI is InChI=1S/C24H34N6O2/c1-5-26-13-15-27(16-14-26)22(31)7-6-12-28-17-19(3)23-20(4)29(25-24(23)30(28)32)21-10-8-18(2)9-11-21/h8-11,17,30H,5-7,12-16H2,1-4H3. The number of hydrogen-bond acceptors (Lipinski definition) is 5. The van der Waals surface area contributed by atoms with Gasteiger partial charge in [0.15, 0.2) is 0 Å². The molecular weight excluding hydrogens is 404 g/mol. The Labute approximate surface area is 190 Å². The molecule has 1 fully saturated rings. The molecule has 1 aromatic carbocycles.